The van der Waals surface area contributed by atoms with Crippen LogP contribution in [0, 0.1) is 28.6 Å². The minimum Gasteiger partial charge on any atom is -0.393 e. The summed E-state index contributed by atoms with van der Waals surface area (Å²) >= 11 is 0. The van der Waals surface area contributed by atoms with Gasteiger partial charge in [-0.2, -0.15) is 0 Å². The van der Waals surface area contributed by atoms with E-state index in [1.54, 1.807) is 18.3 Å². The van der Waals surface area contributed by atoms with Crippen LogP contribution in [-0.2, 0) is 19.1 Å². The average molecular weight is 516 g/mol. The molecule has 7 heteroatoms. The van der Waals surface area contributed by atoms with Crippen molar-refractivity contribution >= 4 is 22.5 Å². The summed E-state index contributed by atoms with van der Waals surface area (Å²) in [6.45, 7) is 3.53. The van der Waals surface area contributed by atoms with Crippen molar-refractivity contribution < 1.29 is 29.3 Å². The van der Waals surface area contributed by atoms with E-state index in [4.69, 9.17) is 9.47 Å². The molecule has 0 amide bonds. The van der Waals surface area contributed by atoms with Gasteiger partial charge >= 0.3 is 0 Å². The van der Waals surface area contributed by atoms with Crippen LogP contribution in [0.4, 0.5) is 0 Å². The minimum atomic E-state index is -1.36. The molecule has 5 aliphatic rings. The average Bonchev–Trinajstić information content (AvgIpc) is 3.41. The lowest BCUT2D eigenvalue weighted by Crippen LogP contribution is -2.63. The molecule has 2 N–H and O–H groups in total. The quantitative estimate of drug-likeness (QED) is 0.640. The maximum atomic E-state index is 13.7. The van der Waals surface area contributed by atoms with Crippen LogP contribution in [0.15, 0.2) is 60.3 Å². The van der Waals surface area contributed by atoms with Crippen LogP contribution in [-0.4, -0.2) is 51.2 Å². The Labute approximate surface area is 221 Å². The Balaban J connectivity index is 1.30. The van der Waals surface area contributed by atoms with Gasteiger partial charge in [0.15, 0.2) is 23.5 Å². The molecule has 1 aromatic heterocycles. The highest BCUT2D eigenvalue weighted by Crippen LogP contribution is 2.70. The first-order valence-electron chi connectivity index (χ1n) is 13.7. The van der Waals surface area contributed by atoms with Gasteiger partial charge in [-0.05, 0) is 61.8 Å². The van der Waals surface area contributed by atoms with Gasteiger partial charge in [0.1, 0.15) is 6.61 Å². The number of carbonyl (C=O) groups excluding carboxylic acids is 2. The largest absolute Gasteiger partial charge is 0.393 e. The van der Waals surface area contributed by atoms with Crippen molar-refractivity contribution in [2.24, 2.45) is 28.6 Å². The Morgan fingerprint density at radius 1 is 1.21 bits per heavy atom. The number of pyridine rings is 1. The molecule has 1 aromatic carbocycles. The second-order valence-electron chi connectivity index (χ2n) is 12.3. The first-order valence-corrected chi connectivity index (χ1v) is 13.7. The smallest absolute Gasteiger partial charge is 0.193 e. The van der Waals surface area contributed by atoms with Gasteiger partial charge in [0.25, 0.3) is 0 Å². The second kappa shape index (κ2) is 8.15. The predicted molar refractivity (Wildman–Crippen MR) is 139 cm³/mol. The van der Waals surface area contributed by atoms with E-state index in [0.29, 0.717) is 12.8 Å². The van der Waals surface area contributed by atoms with Crippen LogP contribution in [0.2, 0.25) is 0 Å². The Morgan fingerprint density at radius 2 is 2.03 bits per heavy atom. The van der Waals surface area contributed by atoms with Gasteiger partial charge in [-0.1, -0.05) is 43.7 Å². The standard InChI is InChI=1S/C31H33NO6/c1-29-11-9-18(34)13-17(29)7-8-21-22-14-26-31(25(36)16-33,30(22,2)15-24(35)27(21)29)38-28(37-26)20-10-12-32-23-6-4-3-5-19(20)23/h3-6,9-13,21-22,24,26-28,33,35H,7-8,14-16H2,1-2H3/t21-,22-,24-,26+,27+,28?,29-,30-,31+/m0/s1. The van der Waals surface area contributed by atoms with Gasteiger partial charge in [0.05, 0.1) is 17.7 Å². The number of rotatable bonds is 3. The summed E-state index contributed by atoms with van der Waals surface area (Å²) in [6.07, 6.45) is 7.66. The molecule has 9 atom stereocenters. The summed E-state index contributed by atoms with van der Waals surface area (Å²) in [5, 5.41) is 22.9. The molecular weight excluding hydrogens is 482 g/mol. The van der Waals surface area contributed by atoms with E-state index in [1.807, 2.05) is 36.4 Å². The van der Waals surface area contributed by atoms with Crippen molar-refractivity contribution in [2.75, 3.05) is 6.61 Å². The van der Waals surface area contributed by atoms with Crippen LogP contribution >= 0.6 is 0 Å². The number of benzene rings is 1. The summed E-state index contributed by atoms with van der Waals surface area (Å²) in [4.78, 5) is 30.3. The fraction of sp³-hybridized carbons (Fsp3) is 0.516. The molecular formula is C31H33NO6. The van der Waals surface area contributed by atoms with E-state index in [2.05, 4.69) is 18.8 Å². The maximum absolute atomic E-state index is 13.7. The number of hydrogen-bond acceptors (Lipinski definition) is 7. The molecule has 7 rings (SSSR count). The Bertz CT molecular complexity index is 1410. The van der Waals surface area contributed by atoms with E-state index >= 15 is 0 Å². The molecule has 4 fully saturated rings. The monoisotopic (exact) mass is 515 g/mol. The lowest BCUT2D eigenvalue weighted by atomic mass is 9.46. The number of aromatic nitrogens is 1. The van der Waals surface area contributed by atoms with Crippen molar-refractivity contribution in [3.8, 4) is 0 Å². The van der Waals surface area contributed by atoms with Gasteiger partial charge < -0.3 is 19.7 Å². The summed E-state index contributed by atoms with van der Waals surface area (Å²) in [6, 6.07) is 9.62. The summed E-state index contributed by atoms with van der Waals surface area (Å²) in [5.41, 5.74) is 0.232. The number of carbonyl (C=O) groups is 2. The van der Waals surface area contributed by atoms with E-state index in [0.717, 1.165) is 34.9 Å². The number of fused-ring (bicyclic) bond motifs is 8. The minimum absolute atomic E-state index is 0.00503. The van der Waals surface area contributed by atoms with Crippen LogP contribution in [0.3, 0.4) is 0 Å². The molecule has 0 radical (unpaired) electrons. The highest BCUT2D eigenvalue weighted by atomic mass is 16.7. The van der Waals surface area contributed by atoms with E-state index < -0.39 is 41.5 Å². The molecule has 7 nitrogen and oxygen atoms in total. The lowest BCUT2D eigenvalue weighted by Gasteiger charge is -2.59. The molecule has 2 heterocycles. The lowest BCUT2D eigenvalue weighted by molar-refractivity contribution is -0.200. The van der Waals surface area contributed by atoms with Crippen molar-refractivity contribution in [1.29, 1.82) is 0 Å². The molecule has 2 aromatic rings. The van der Waals surface area contributed by atoms with Gasteiger partial charge in [-0.3, -0.25) is 14.6 Å². The zero-order valence-electron chi connectivity index (χ0n) is 21.7. The number of ether oxygens (including phenoxy) is 2. The molecule has 0 bridgehead atoms. The Hall–Kier alpha value is -2.71. The summed E-state index contributed by atoms with van der Waals surface area (Å²) < 4.78 is 13.3. The number of ketones is 2. The van der Waals surface area contributed by atoms with Crippen molar-refractivity contribution in [1.82, 2.24) is 4.98 Å². The van der Waals surface area contributed by atoms with Crippen molar-refractivity contribution in [3.05, 3.63) is 65.9 Å². The maximum Gasteiger partial charge on any atom is 0.193 e. The third-order valence-electron chi connectivity index (χ3n) is 10.7. The zero-order chi connectivity index (χ0) is 26.4. The van der Waals surface area contributed by atoms with Crippen LogP contribution in [0.25, 0.3) is 10.9 Å². The SMILES string of the molecule is C[C@]12C=CC(=O)C=C1CC[C@@H]1[C@@H]2[C@@H](O)C[C@@]2(C)[C@H]1C[C@H]1OC(c3ccnc4ccccc34)O[C@]12C(=O)CO. The number of aliphatic hydroxyl groups excluding tert-OH is 2. The van der Waals surface area contributed by atoms with Crippen LogP contribution in [0.5, 0.6) is 0 Å². The third-order valence-corrected chi connectivity index (χ3v) is 10.7. The molecule has 0 spiro atoms. The molecule has 1 saturated heterocycles. The summed E-state index contributed by atoms with van der Waals surface area (Å²) in [5.74, 6) is -0.249. The molecule has 198 valence electrons. The van der Waals surface area contributed by atoms with Gasteiger partial charge in [0.2, 0.25) is 0 Å². The fourth-order valence-electron chi connectivity index (χ4n) is 9.15. The van der Waals surface area contributed by atoms with E-state index in [1.165, 1.54) is 0 Å². The van der Waals surface area contributed by atoms with Gasteiger partial charge in [0, 0.05) is 33.9 Å². The first-order chi connectivity index (χ1) is 18.2. The third kappa shape index (κ3) is 2.96. The van der Waals surface area contributed by atoms with Gasteiger partial charge in [-0.15, -0.1) is 0 Å². The summed E-state index contributed by atoms with van der Waals surface area (Å²) in [7, 11) is 0. The molecule has 1 aliphatic heterocycles. The normalized spacial score (nSPS) is 43.3. The highest BCUT2D eigenvalue weighted by molar-refractivity contribution is 6.01. The van der Waals surface area contributed by atoms with Gasteiger partial charge in [-0.25, -0.2) is 0 Å². The highest BCUT2D eigenvalue weighted by Gasteiger charge is 2.75. The molecule has 4 aliphatic carbocycles. The Morgan fingerprint density at radius 3 is 2.84 bits per heavy atom. The Kier molecular flexibility index (Phi) is 5.22. The van der Waals surface area contributed by atoms with E-state index in [-0.39, 0.29) is 29.3 Å². The zero-order valence-corrected chi connectivity index (χ0v) is 21.7. The predicted octanol–water partition coefficient (Wildman–Crippen LogP) is 3.84. The number of nitrogens with zero attached hydrogens (tertiary/aromatic N) is 1. The topological polar surface area (TPSA) is 106 Å². The first kappa shape index (κ1) is 24.3. The number of Topliss-reactive ketones (excluding diaryl/α,β-unsaturated/α-hetero) is 1. The second-order valence-corrected chi connectivity index (χ2v) is 12.3. The van der Waals surface area contributed by atoms with Crippen molar-refractivity contribution in [3.63, 3.8) is 0 Å². The molecule has 1 unspecified atom stereocenters. The fourth-order valence-corrected chi connectivity index (χ4v) is 9.15. The number of hydrogen-bond donors (Lipinski definition) is 2. The number of allylic oxidation sites excluding steroid dienone is 4. The van der Waals surface area contributed by atoms with Crippen LogP contribution < -0.4 is 0 Å². The van der Waals surface area contributed by atoms with E-state index in [9.17, 15) is 19.8 Å². The van der Waals surface area contributed by atoms with Crippen LogP contribution in [0.1, 0.15) is 51.4 Å². The van der Waals surface area contributed by atoms with Crippen molar-refractivity contribution in [2.45, 2.75) is 63.6 Å². The molecule has 3 saturated carbocycles. The molecule has 38 heavy (non-hydrogen) atoms. The number of aliphatic hydroxyl groups is 2. The number of para-hydroxylation sites is 1.